The summed E-state index contributed by atoms with van der Waals surface area (Å²) in [5.74, 6) is 0.275. The van der Waals surface area contributed by atoms with Crippen LogP contribution in [-0.2, 0) is 22.4 Å². The summed E-state index contributed by atoms with van der Waals surface area (Å²) in [6.45, 7) is 0. The molecule has 10 nitrogen and oxygen atoms in total. The van der Waals surface area contributed by atoms with Crippen LogP contribution >= 0.6 is 22.7 Å². The Morgan fingerprint density at radius 3 is 1.62 bits per heavy atom. The lowest BCUT2D eigenvalue weighted by Crippen LogP contribution is -2.15. The molecule has 2 aromatic heterocycles. The minimum absolute atomic E-state index is 0.107. The second-order valence-corrected chi connectivity index (χ2v) is 13.0. The van der Waals surface area contributed by atoms with Gasteiger partial charge in [0, 0.05) is 51.4 Å². The van der Waals surface area contributed by atoms with Crippen LogP contribution < -0.4 is 20.4 Å². The number of nitrogens with one attached hydrogen (secondary N) is 2. The minimum atomic E-state index is -0.107. The van der Waals surface area contributed by atoms with E-state index in [1.807, 2.05) is 86.5 Å². The molecule has 1 saturated carbocycles. The molecule has 42 heavy (non-hydrogen) atoms. The molecule has 0 spiro atoms. The van der Waals surface area contributed by atoms with Crippen molar-refractivity contribution in [1.29, 1.82) is 0 Å². The van der Waals surface area contributed by atoms with Gasteiger partial charge in [-0.1, -0.05) is 53.4 Å². The van der Waals surface area contributed by atoms with Gasteiger partial charge in [0.25, 0.3) is 0 Å². The summed E-state index contributed by atoms with van der Waals surface area (Å²) in [5, 5.41) is 26.1. The van der Waals surface area contributed by atoms with E-state index in [1.165, 1.54) is 22.7 Å². The van der Waals surface area contributed by atoms with Crippen molar-refractivity contribution in [3.05, 3.63) is 69.7 Å². The molecule has 2 N–H and O–H groups in total. The zero-order valence-electron chi connectivity index (χ0n) is 24.3. The van der Waals surface area contributed by atoms with E-state index in [1.54, 1.807) is 0 Å². The van der Waals surface area contributed by atoms with Gasteiger partial charge in [-0.15, -0.1) is 20.4 Å². The second-order valence-electron chi connectivity index (χ2n) is 11.0. The van der Waals surface area contributed by atoms with Gasteiger partial charge < -0.3 is 20.4 Å². The predicted octanol–water partition coefficient (Wildman–Crippen LogP) is 5.33. The maximum atomic E-state index is 12.7. The number of benzene rings is 2. The van der Waals surface area contributed by atoms with E-state index in [0.717, 1.165) is 58.2 Å². The smallest absolute Gasteiger partial charge is 0.230 e. The number of carbonyl (C=O) groups is 2. The fourth-order valence-corrected chi connectivity index (χ4v) is 6.94. The Labute approximate surface area is 254 Å². The predicted molar refractivity (Wildman–Crippen MR) is 170 cm³/mol. The molecule has 2 aromatic carbocycles. The Bertz CT molecular complexity index is 1420. The van der Waals surface area contributed by atoms with Crippen LogP contribution in [0.4, 0.5) is 21.6 Å². The van der Waals surface area contributed by atoms with E-state index in [9.17, 15) is 9.59 Å². The van der Waals surface area contributed by atoms with Gasteiger partial charge >= 0.3 is 0 Å². The highest BCUT2D eigenvalue weighted by Crippen LogP contribution is 2.43. The molecule has 5 rings (SSSR count). The SMILES string of the molecule is CN(C)c1cccc(CC(=O)Nc2nnc([C@@H]3CCC[C@@H](c4nnc(NC(=O)Cc5cccc(N(C)C)c5)s4)C3)s2)c1. The van der Waals surface area contributed by atoms with Crippen molar-refractivity contribution in [3.63, 3.8) is 0 Å². The number of amides is 2. The van der Waals surface area contributed by atoms with Crippen LogP contribution in [0.1, 0.15) is 58.7 Å². The van der Waals surface area contributed by atoms with Gasteiger partial charge in [0.05, 0.1) is 12.8 Å². The topological polar surface area (TPSA) is 116 Å². The molecule has 0 unspecified atom stereocenters. The first kappa shape index (κ1) is 29.6. The largest absolute Gasteiger partial charge is 0.378 e. The Hall–Kier alpha value is -3.90. The fourth-order valence-electron chi connectivity index (χ4n) is 5.13. The zero-order valence-corrected chi connectivity index (χ0v) is 26.0. The second kappa shape index (κ2) is 13.4. The van der Waals surface area contributed by atoms with E-state index in [4.69, 9.17) is 0 Å². The first-order valence-corrected chi connectivity index (χ1v) is 15.7. The van der Waals surface area contributed by atoms with Crippen LogP contribution in [0.5, 0.6) is 0 Å². The maximum Gasteiger partial charge on any atom is 0.230 e. The van der Waals surface area contributed by atoms with Crippen molar-refractivity contribution in [2.24, 2.45) is 0 Å². The Balaban J connectivity index is 1.14. The van der Waals surface area contributed by atoms with Crippen molar-refractivity contribution >= 4 is 56.1 Å². The Kier molecular flexibility index (Phi) is 9.43. The number of hydrogen-bond acceptors (Lipinski definition) is 10. The van der Waals surface area contributed by atoms with Crippen LogP contribution in [0, 0.1) is 0 Å². The molecular weight excluding hydrogens is 569 g/mol. The summed E-state index contributed by atoms with van der Waals surface area (Å²) in [7, 11) is 7.92. The standard InChI is InChI=1S/C30H36N8O2S2/c1-37(2)23-12-5-8-19(14-23)16-25(39)31-29-35-33-27(41-29)21-10-7-11-22(18-21)28-34-36-30(42-28)32-26(40)17-20-9-6-13-24(15-20)38(3)4/h5-6,8-9,12-15,21-22H,7,10-11,16-18H2,1-4H3,(H,31,35,39)(H,32,36,40)/t21-,22-/m1/s1. The summed E-state index contributed by atoms with van der Waals surface area (Å²) in [6.07, 6.45) is 4.53. The van der Waals surface area contributed by atoms with Gasteiger partial charge in [0.2, 0.25) is 22.1 Å². The van der Waals surface area contributed by atoms with Gasteiger partial charge in [0.15, 0.2) is 0 Å². The molecule has 2 amide bonds. The monoisotopic (exact) mass is 604 g/mol. The third kappa shape index (κ3) is 7.68. The van der Waals surface area contributed by atoms with Crippen molar-refractivity contribution in [2.45, 2.75) is 50.4 Å². The van der Waals surface area contributed by atoms with E-state index >= 15 is 0 Å². The summed E-state index contributed by atoms with van der Waals surface area (Å²) in [6, 6.07) is 15.9. The van der Waals surface area contributed by atoms with Crippen molar-refractivity contribution in [2.75, 3.05) is 48.6 Å². The lowest BCUT2D eigenvalue weighted by Gasteiger charge is -2.25. The van der Waals surface area contributed by atoms with E-state index in [-0.39, 0.29) is 36.5 Å². The van der Waals surface area contributed by atoms with E-state index < -0.39 is 0 Å². The molecule has 1 aliphatic carbocycles. The van der Waals surface area contributed by atoms with E-state index in [0.29, 0.717) is 10.3 Å². The molecule has 2 heterocycles. The Morgan fingerprint density at radius 1 is 0.738 bits per heavy atom. The number of anilines is 4. The zero-order chi connectivity index (χ0) is 29.6. The highest BCUT2D eigenvalue weighted by atomic mass is 32.1. The molecule has 0 radical (unpaired) electrons. The Morgan fingerprint density at radius 2 is 1.19 bits per heavy atom. The highest BCUT2D eigenvalue weighted by molar-refractivity contribution is 7.15. The number of nitrogens with zero attached hydrogens (tertiary/aromatic N) is 6. The minimum Gasteiger partial charge on any atom is -0.378 e. The molecule has 1 aliphatic rings. The summed E-state index contributed by atoms with van der Waals surface area (Å²) < 4.78 is 0. The molecule has 4 aromatic rings. The number of aromatic nitrogens is 4. The molecule has 2 atom stereocenters. The summed E-state index contributed by atoms with van der Waals surface area (Å²) in [4.78, 5) is 29.4. The van der Waals surface area contributed by atoms with Crippen LogP contribution in [0.2, 0.25) is 0 Å². The fraction of sp³-hybridized carbons (Fsp3) is 0.400. The molecule has 0 bridgehead atoms. The van der Waals surface area contributed by atoms with Gasteiger partial charge in [-0.25, -0.2) is 0 Å². The average molecular weight is 605 g/mol. The molecular formula is C30H36N8O2S2. The summed E-state index contributed by atoms with van der Waals surface area (Å²) >= 11 is 2.89. The molecule has 12 heteroatoms. The third-order valence-corrected chi connectivity index (χ3v) is 9.33. The molecule has 220 valence electrons. The third-order valence-electron chi connectivity index (χ3n) is 7.33. The first-order valence-electron chi connectivity index (χ1n) is 14.0. The van der Waals surface area contributed by atoms with Crippen LogP contribution in [-0.4, -0.2) is 60.4 Å². The first-order chi connectivity index (χ1) is 20.2. The van der Waals surface area contributed by atoms with Crippen molar-refractivity contribution in [1.82, 2.24) is 20.4 Å². The van der Waals surface area contributed by atoms with Crippen molar-refractivity contribution < 1.29 is 9.59 Å². The molecule has 0 aliphatic heterocycles. The van der Waals surface area contributed by atoms with Crippen LogP contribution in [0.25, 0.3) is 0 Å². The van der Waals surface area contributed by atoms with Gasteiger partial charge in [-0.3, -0.25) is 9.59 Å². The lowest BCUT2D eigenvalue weighted by molar-refractivity contribution is -0.116. The quantitative estimate of drug-likeness (QED) is 0.250. The van der Waals surface area contributed by atoms with Crippen LogP contribution in [0.3, 0.4) is 0 Å². The highest BCUT2D eigenvalue weighted by Gasteiger charge is 2.29. The van der Waals surface area contributed by atoms with E-state index in [2.05, 4.69) is 31.0 Å². The number of rotatable bonds is 10. The van der Waals surface area contributed by atoms with Gasteiger partial charge in [-0.2, -0.15) is 0 Å². The number of carbonyl (C=O) groups excluding carboxylic acids is 2. The number of hydrogen-bond donors (Lipinski definition) is 2. The van der Waals surface area contributed by atoms with Gasteiger partial charge in [-0.05, 0) is 54.7 Å². The molecule has 0 saturated heterocycles. The summed E-state index contributed by atoms with van der Waals surface area (Å²) in [5.41, 5.74) is 4.01. The molecule has 1 fully saturated rings. The normalized spacial score (nSPS) is 16.6. The average Bonchev–Trinajstić information content (AvgIpc) is 3.63. The van der Waals surface area contributed by atoms with Crippen molar-refractivity contribution in [3.8, 4) is 0 Å². The van der Waals surface area contributed by atoms with Gasteiger partial charge in [0.1, 0.15) is 10.0 Å². The van der Waals surface area contributed by atoms with Crippen LogP contribution in [0.15, 0.2) is 48.5 Å². The lowest BCUT2D eigenvalue weighted by atomic mass is 9.82. The maximum absolute atomic E-state index is 12.7.